The number of aromatic nitrogens is 1. The maximum atomic E-state index is 11.1. The first-order valence-corrected chi connectivity index (χ1v) is 5.63. The van der Waals surface area contributed by atoms with E-state index in [1.54, 1.807) is 14.1 Å². The van der Waals surface area contributed by atoms with E-state index in [1.165, 1.54) is 11.0 Å². The summed E-state index contributed by atoms with van der Waals surface area (Å²) in [6, 6.07) is 2.40. The molecule has 1 rings (SSSR count). The summed E-state index contributed by atoms with van der Waals surface area (Å²) in [5, 5.41) is 14.7. The van der Waals surface area contributed by atoms with Crippen LogP contribution >= 0.6 is 0 Å². The number of nitrogens with zero attached hydrogens (tertiary/aromatic N) is 3. The highest BCUT2D eigenvalue weighted by Crippen LogP contribution is 2.23. The van der Waals surface area contributed by atoms with Gasteiger partial charge in [-0.15, -0.1) is 0 Å². The van der Waals surface area contributed by atoms with Crippen LogP contribution in [0.4, 0.5) is 11.5 Å². The summed E-state index contributed by atoms with van der Waals surface area (Å²) in [5.41, 5.74) is -0.631. The number of nitrogens with two attached hydrogens (primary N) is 1. The molecule has 9 heteroatoms. The zero-order valence-corrected chi connectivity index (χ0v) is 9.43. The molecule has 0 aromatic carbocycles. The monoisotopic (exact) mass is 246 g/mol. The van der Waals surface area contributed by atoms with Crippen LogP contribution in [-0.4, -0.2) is 32.4 Å². The molecule has 16 heavy (non-hydrogen) atoms. The van der Waals surface area contributed by atoms with E-state index in [4.69, 9.17) is 5.14 Å². The third-order valence-electron chi connectivity index (χ3n) is 1.75. The molecule has 0 radical (unpaired) electrons. The normalized spacial score (nSPS) is 11.2. The Bertz CT molecular complexity index is 525. The van der Waals surface area contributed by atoms with Crippen LogP contribution in [0.2, 0.25) is 0 Å². The third kappa shape index (κ3) is 2.44. The minimum absolute atomic E-state index is 0.273. The summed E-state index contributed by atoms with van der Waals surface area (Å²) < 4.78 is 22.3. The molecule has 0 amide bonds. The van der Waals surface area contributed by atoms with Crippen molar-refractivity contribution in [2.75, 3.05) is 19.0 Å². The molecule has 0 unspecified atom stereocenters. The van der Waals surface area contributed by atoms with Crippen LogP contribution in [0.3, 0.4) is 0 Å². The Morgan fingerprint density at radius 1 is 1.44 bits per heavy atom. The fraction of sp³-hybridized carbons (Fsp3) is 0.286. The minimum atomic E-state index is -4.21. The molecule has 0 saturated heterocycles. The molecule has 0 aliphatic rings. The number of nitro groups is 1. The van der Waals surface area contributed by atoms with Gasteiger partial charge in [-0.3, -0.25) is 10.1 Å². The molecule has 0 saturated carbocycles. The van der Waals surface area contributed by atoms with E-state index < -0.39 is 25.7 Å². The second kappa shape index (κ2) is 4.02. The largest absolute Gasteiger partial charge is 0.363 e. The number of anilines is 1. The van der Waals surface area contributed by atoms with Gasteiger partial charge in [0.2, 0.25) is 0 Å². The summed E-state index contributed by atoms with van der Waals surface area (Å²) in [7, 11) is -0.962. The van der Waals surface area contributed by atoms with Gasteiger partial charge in [-0.05, 0) is 6.07 Å². The molecule has 1 aromatic heterocycles. The Morgan fingerprint density at radius 2 is 2.00 bits per heavy atom. The molecule has 8 nitrogen and oxygen atoms in total. The van der Waals surface area contributed by atoms with Crippen LogP contribution in [-0.2, 0) is 10.0 Å². The topological polar surface area (TPSA) is 119 Å². The summed E-state index contributed by atoms with van der Waals surface area (Å²) >= 11 is 0. The van der Waals surface area contributed by atoms with Crippen molar-refractivity contribution in [2.45, 2.75) is 5.03 Å². The van der Waals surface area contributed by atoms with Crippen molar-refractivity contribution in [3.05, 3.63) is 22.2 Å². The van der Waals surface area contributed by atoms with Gasteiger partial charge in [-0.2, -0.15) is 0 Å². The molecule has 0 spiro atoms. The average Bonchev–Trinajstić information content (AvgIpc) is 2.15. The van der Waals surface area contributed by atoms with Crippen molar-refractivity contribution in [1.82, 2.24) is 4.98 Å². The smallest absolute Gasteiger partial charge is 0.308 e. The summed E-state index contributed by atoms with van der Waals surface area (Å²) in [6.07, 6.45) is 0. The van der Waals surface area contributed by atoms with Gasteiger partial charge in [0.05, 0.1) is 4.92 Å². The summed E-state index contributed by atoms with van der Waals surface area (Å²) in [4.78, 5) is 14.9. The van der Waals surface area contributed by atoms with Gasteiger partial charge in [0.1, 0.15) is 5.82 Å². The Morgan fingerprint density at radius 3 is 2.38 bits per heavy atom. The van der Waals surface area contributed by atoms with Crippen LogP contribution in [0.25, 0.3) is 0 Å². The highest BCUT2D eigenvalue weighted by atomic mass is 32.2. The zero-order chi connectivity index (χ0) is 12.5. The van der Waals surface area contributed by atoms with Gasteiger partial charge < -0.3 is 4.90 Å². The molecule has 2 N–H and O–H groups in total. The first-order valence-electron chi connectivity index (χ1n) is 4.09. The van der Waals surface area contributed by atoms with Crippen LogP contribution in [0, 0.1) is 10.1 Å². The Kier molecular flexibility index (Phi) is 3.10. The Balaban J connectivity index is 3.51. The number of sulfonamides is 1. The average molecular weight is 246 g/mol. The highest BCUT2D eigenvalue weighted by Gasteiger charge is 2.25. The number of primary sulfonamides is 1. The first kappa shape index (κ1) is 12.3. The molecule has 0 aliphatic heterocycles. The lowest BCUT2D eigenvalue weighted by Crippen LogP contribution is -2.19. The first-order chi connectivity index (χ1) is 7.23. The van der Waals surface area contributed by atoms with Gasteiger partial charge in [-0.25, -0.2) is 18.5 Å². The van der Waals surface area contributed by atoms with E-state index in [9.17, 15) is 18.5 Å². The van der Waals surface area contributed by atoms with Crippen molar-refractivity contribution in [3.63, 3.8) is 0 Å². The quantitative estimate of drug-likeness (QED) is 0.577. The predicted molar refractivity (Wildman–Crippen MR) is 56.6 cm³/mol. The fourth-order valence-electron chi connectivity index (χ4n) is 1.02. The molecular formula is C7H10N4O4S. The molecule has 88 valence electrons. The van der Waals surface area contributed by atoms with Crippen LogP contribution in [0.15, 0.2) is 17.2 Å². The lowest BCUT2D eigenvalue weighted by Gasteiger charge is -2.11. The lowest BCUT2D eigenvalue weighted by atomic mass is 10.4. The van der Waals surface area contributed by atoms with Crippen molar-refractivity contribution >= 4 is 21.5 Å². The highest BCUT2D eigenvalue weighted by molar-refractivity contribution is 7.89. The van der Waals surface area contributed by atoms with E-state index >= 15 is 0 Å². The van der Waals surface area contributed by atoms with Crippen LogP contribution < -0.4 is 10.0 Å². The molecule has 1 aromatic rings. The van der Waals surface area contributed by atoms with Crippen molar-refractivity contribution < 1.29 is 13.3 Å². The second-order valence-electron chi connectivity index (χ2n) is 3.19. The number of hydrogen-bond donors (Lipinski definition) is 1. The van der Waals surface area contributed by atoms with Gasteiger partial charge in [-0.1, -0.05) is 0 Å². The summed E-state index contributed by atoms with van der Waals surface area (Å²) in [6.45, 7) is 0. The lowest BCUT2D eigenvalue weighted by molar-refractivity contribution is -0.388. The molecule has 0 bridgehead atoms. The van der Waals surface area contributed by atoms with E-state index in [0.717, 1.165) is 6.07 Å². The van der Waals surface area contributed by atoms with Crippen LogP contribution in [0.1, 0.15) is 0 Å². The number of hydrogen-bond acceptors (Lipinski definition) is 6. The predicted octanol–water partition coefficient (Wildman–Crippen LogP) is -0.297. The molecule has 0 fully saturated rings. The molecule has 0 atom stereocenters. The van der Waals surface area contributed by atoms with E-state index in [1.807, 2.05) is 0 Å². The Hall–Kier alpha value is -1.74. The van der Waals surface area contributed by atoms with E-state index in [0.29, 0.717) is 0 Å². The molecule has 0 aliphatic carbocycles. The number of rotatable bonds is 3. The number of pyridine rings is 1. The SMILES string of the molecule is CN(C)c1ccc([N+](=O)[O-])c(S(N)(=O)=O)n1. The molecule has 1 heterocycles. The van der Waals surface area contributed by atoms with Gasteiger partial charge in [0.15, 0.2) is 0 Å². The van der Waals surface area contributed by atoms with Gasteiger partial charge >= 0.3 is 5.69 Å². The van der Waals surface area contributed by atoms with E-state index in [-0.39, 0.29) is 5.82 Å². The van der Waals surface area contributed by atoms with Gasteiger partial charge in [0.25, 0.3) is 15.0 Å². The third-order valence-corrected chi connectivity index (χ3v) is 2.59. The standard InChI is InChI=1S/C7H10N4O4S/c1-10(2)6-4-3-5(11(12)13)7(9-6)16(8,14)15/h3-4H,1-2H3,(H2,8,14,15). The minimum Gasteiger partial charge on any atom is -0.363 e. The van der Waals surface area contributed by atoms with Crippen molar-refractivity contribution in [1.29, 1.82) is 0 Å². The Labute approximate surface area is 91.9 Å². The van der Waals surface area contributed by atoms with Crippen molar-refractivity contribution in [2.24, 2.45) is 5.14 Å². The maximum Gasteiger partial charge on any atom is 0.308 e. The zero-order valence-electron chi connectivity index (χ0n) is 8.61. The summed E-state index contributed by atoms with van der Waals surface area (Å²) in [5.74, 6) is 0.273. The van der Waals surface area contributed by atoms with Crippen LogP contribution in [0.5, 0.6) is 0 Å². The second-order valence-corrected chi connectivity index (χ2v) is 4.67. The fourth-order valence-corrected chi connectivity index (χ4v) is 1.68. The van der Waals surface area contributed by atoms with Crippen molar-refractivity contribution in [3.8, 4) is 0 Å². The van der Waals surface area contributed by atoms with E-state index in [2.05, 4.69) is 4.98 Å². The molecular weight excluding hydrogens is 236 g/mol. The van der Waals surface area contributed by atoms with Gasteiger partial charge in [0, 0.05) is 20.2 Å². The maximum absolute atomic E-state index is 11.1.